The molecule has 0 amide bonds. The number of carboxylic acids is 1. The fraction of sp³-hybridized carbons (Fsp3) is 0.150. The summed E-state index contributed by atoms with van der Waals surface area (Å²) in [5, 5.41) is 13.2. The molecule has 6 heteroatoms. The lowest BCUT2D eigenvalue weighted by atomic mass is 10.1. The molecule has 0 unspecified atom stereocenters. The van der Waals surface area contributed by atoms with E-state index in [2.05, 4.69) is 10.3 Å². The van der Waals surface area contributed by atoms with E-state index in [0.717, 1.165) is 22.3 Å². The monoisotopic (exact) mass is 350 g/mol. The van der Waals surface area contributed by atoms with Gasteiger partial charge in [-0.25, -0.2) is 4.79 Å². The number of carboxylic acid groups (broad SMARTS) is 1. The summed E-state index contributed by atoms with van der Waals surface area (Å²) in [6, 6.07) is 16.2. The molecule has 2 aromatic carbocycles. The van der Waals surface area contributed by atoms with E-state index >= 15 is 0 Å². The van der Waals surface area contributed by atoms with Crippen molar-refractivity contribution in [2.24, 2.45) is 0 Å². The van der Waals surface area contributed by atoms with Crippen molar-refractivity contribution in [1.82, 2.24) is 4.98 Å². The van der Waals surface area contributed by atoms with E-state index in [1.54, 1.807) is 37.3 Å². The standard InChI is InChI=1S/C20H18N2O4/c1-2-26-20(25)13-7-9-14(10-8-13)21-18-11-15(12-19(23)24)22-17-6-4-3-5-16(17)18/h3-11H,2,12H2,1H3,(H,21,22)(H,23,24). The topological polar surface area (TPSA) is 88.5 Å². The summed E-state index contributed by atoms with van der Waals surface area (Å²) in [5.41, 5.74) is 3.20. The van der Waals surface area contributed by atoms with Crippen LogP contribution in [-0.4, -0.2) is 28.6 Å². The van der Waals surface area contributed by atoms with Crippen LogP contribution in [-0.2, 0) is 16.0 Å². The summed E-state index contributed by atoms with van der Waals surface area (Å²) in [6.45, 7) is 2.09. The number of carbonyl (C=O) groups is 2. The van der Waals surface area contributed by atoms with Gasteiger partial charge in [-0.05, 0) is 43.3 Å². The maximum atomic E-state index is 11.7. The van der Waals surface area contributed by atoms with E-state index in [9.17, 15) is 9.59 Å². The first kappa shape index (κ1) is 17.4. The van der Waals surface area contributed by atoms with Crippen LogP contribution < -0.4 is 5.32 Å². The first-order valence-electron chi connectivity index (χ1n) is 8.21. The molecule has 3 rings (SSSR count). The van der Waals surface area contributed by atoms with Crippen LogP contribution in [0, 0.1) is 0 Å². The van der Waals surface area contributed by atoms with Crippen LogP contribution in [0.3, 0.4) is 0 Å². The minimum atomic E-state index is -0.933. The number of pyridine rings is 1. The first-order chi connectivity index (χ1) is 12.6. The van der Waals surface area contributed by atoms with Gasteiger partial charge in [-0.2, -0.15) is 0 Å². The highest BCUT2D eigenvalue weighted by Crippen LogP contribution is 2.27. The van der Waals surface area contributed by atoms with E-state index in [1.807, 2.05) is 24.3 Å². The number of para-hydroxylation sites is 1. The molecule has 1 heterocycles. The Balaban J connectivity index is 1.92. The molecule has 6 nitrogen and oxygen atoms in total. The van der Waals surface area contributed by atoms with Gasteiger partial charge >= 0.3 is 11.9 Å². The van der Waals surface area contributed by atoms with Gasteiger partial charge in [-0.1, -0.05) is 18.2 Å². The quantitative estimate of drug-likeness (QED) is 0.658. The molecular weight excluding hydrogens is 332 g/mol. The molecule has 0 aliphatic heterocycles. The number of benzene rings is 2. The third-order valence-corrected chi connectivity index (χ3v) is 3.78. The minimum Gasteiger partial charge on any atom is -0.481 e. The summed E-state index contributed by atoms with van der Waals surface area (Å²) < 4.78 is 4.97. The molecule has 0 atom stereocenters. The van der Waals surface area contributed by atoms with Gasteiger partial charge in [0.25, 0.3) is 0 Å². The zero-order chi connectivity index (χ0) is 18.5. The first-order valence-corrected chi connectivity index (χ1v) is 8.21. The number of hydrogen-bond acceptors (Lipinski definition) is 5. The Bertz CT molecular complexity index is 952. The average Bonchev–Trinajstić information content (AvgIpc) is 2.62. The van der Waals surface area contributed by atoms with E-state index in [1.165, 1.54) is 0 Å². The molecular formula is C20H18N2O4. The molecule has 0 saturated heterocycles. The highest BCUT2D eigenvalue weighted by molar-refractivity contribution is 5.94. The molecule has 0 spiro atoms. The molecule has 2 N–H and O–H groups in total. The van der Waals surface area contributed by atoms with Crippen molar-refractivity contribution in [3.8, 4) is 0 Å². The highest BCUT2D eigenvalue weighted by atomic mass is 16.5. The molecule has 1 aromatic heterocycles. The number of aromatic nitrogens is 1. The van der Waals surface area contributed by atoms with Gasteiger partial charge in [-0.3, -0.25) is 9.78 Å². The number of nitrogens with one attached hydrogen (secondary N) is 1. The summed E-state index contributed by atoms with van der Waals surface area (Å²) in [5.74, 6) is -1.30. The Morgan fingerprint density at radius 1 is 1.12 bits per heavy atom. The van der Waals surface area contributed by atoms with E-state index in [0.29, 0.717) is 17.9 Å². The minimum absolute atomic E-state index is 0.151. The van der Waals surface area contributed by atoms with Crippen molar-refractivity contribution in [3.05, 3.63) is 65.9 Å². The van der Waals surface area contributed by atoms with Crippen molar-refractivity contribution in [3.63, 3.8) is 0 Å². The number of esters is 1. The lowest BCUT2D eigenvalue weighted by Crippen LogP contribution is -2.05. The predicted octanol–water partition coefficient (Wildman–Crippen LogP) is 3.78. The molecule has 132 valence electrons. The molecule has 0 aliphatic rings. The molecule has 3 aromatic rings. The van der Waals surface area contributed by atoms with Crippen LogP contribution >= 0.6 is 0 Å². The van der Waals surface area contributed by atoms with Gasteiger partial charge in [0, 0.05) is 16.8 Å². The van der Waals surface area contributed by atoms with E-state index in [-0.39, 0.29) is 12.4 Å². The fourth-order valence-electron chi connectivity index (χ4n) is 2.64. The van der Waals surface area contributed by atoms with Crippen LogP contribution in [0.25, 0.3) is 10.9 Å². The predicted molar refractivity (Wildman–Crippen MR) is 98.8 cm³/mol. The van der Waals surface area contributed by atoms with E-state index in [4.69, 9.17) is 9.84 Å². The van der Waals surface area contributed by atoms with Gasteiger partial charge in [0.05, 0.1) is 29.8 Å². The fourth-order valence-corrected chi connectivity index (χ4v) is 2.64. The Hall–Kier alpha value is -3.41. The number of carbonyl (C=O) groups excluding carboxylic acids is 1. The molecule has 26 heavy (non-hydrogen) atoms. The second-order valence-corrected chi connectivity index (χ2v) is 5.67. The van der Waals surface area contributed by atoms with Gasteiger partial charge in [0.1, 0.15) is 0 Å². The van der Waals surface area contributed by atoms with E-state index < -0.39 is 5.97 Å². The smallest absolute Gasteiger partial charge is 0.338 e. The van der Waals surface area contributed by atoms with Crippen molar-refractivity contribution in [2.45, 2.75) is 13.3 Å². The summed E-state index contributed by atoms with van der Waals surface area (Å²) >= 11 is 0. The summed E-state index contributed by atoms with van der Waals surface area (Å²) in [7, 11) is 0. The highest BCUT2D eigenvalue weighted by Gasteiger charge is 2.10. The number of hydrogen-bond donors (Lipinski definition) is 2. The lowest BCUT2D eigenvalue weighted by Gasteiger charge is -2.12. The lowest BCUT2D eigenvalue weighted by molar-refractivity contribution is -0.136. The van der Waals surface area contributed by atoms with Gasteiger partial charge in [-0.15, -0.1) is 0 Å². The second kappa shape index (κ2) is 7.65. The Morgan fingerprint density at radius 3 is 2.54 bits per heavy atom. The van der Waals surface area contributed by atoms with Crippen molar-refractivity contribution in [2.75, 3.05) is 11.9 Å². The number of rotatable bonds is 6. The third kappa shape index (κ3) is 3.97. The normalized spacial score (nSPS) is 10.5. The number of aliphatic carboxylic acids is 1. The number of nitrogens with zero attached hydrogens (tertiary/aromatic N) is 1. The Kier molecular flexibility index (Phi) is 5.12. The number of anilines is 2. The zero-order valence-electron chi connectivity index (χ0n) is 14.2. The average molecular weight is 350 g/mol. The second-order valence-electron chi connectivity index (χ2n) is 5.67. The summed E-state index contributed by atoms with van der Waals surface area (Å²) in [4.78, 5) is 27.1. The molecule has 0 bridgehead atoms. The van der Waals surface area contributed by atoms with Gasteiger partial charge in [0.2, 0.25) is 0 Å². The van der Waals surface area contributed by atoms with Crippen LogP contribution in [0.1, 0.15) is 23.0 Å². The Labute approximate surface area is 150 Å². The van der Waals surface area contributed by atoms with Crippen LogP contribution in [0.15, 0.2) is 54.6 Å². The van der Waals surface area contributed by atoms with Crippen molar-refractivity contribution < 1.29 is 19.4 Å². The molecule has 0 saturated carbocycles. The van der Waals surface area contributed by atoms with Crippen LogP contribution in [0.4, 0.5) is 11.4 Å². The summed E-state index contributed by atoms with van der Waals surface area (Å²) in [6.07, 6.45) is -0.151. The Morgan fingerprint density at radius 2 is 1.85 bits per heavy atom. The molecule has 0 aliphatic carbocycles. The van der Waals surface area contributed by atoms with Crippen LogP contribution in [0.5, 0.6) is 0 Å². The van der Waals surface area contributed by atoms with Crippen molar-refractivity contribution >= 4 is 34.2 Å². The van der Waals surface area contributed by atoms with Gasteiger partial charge < -0.3 is 15.2 Å². The SMILES string of the molecule is CCOC(=O)c1ccc(Nc2cc(CC(=O)O)nc3ccccc23)cc1. The largest absolute Gasteiger partial charge is 0.481 e. The van der Waals surface area contributed by atoms with Gasteiger partial charge in [0.15, 0.2) is 0 Å². The number of ether oxygens (including phenoxy) is 1. The maximum Gasteiger partial charge on any atom is 0.338 e. The maximum absolute atomic E-state index is 11.7. The zero-order valence-corrected chi connectivity index (χ0v) is 14.2. The van der Waals surface area contributed by atoms with Crippen LogP contribution in [0.2, 0.25) is 0 Å². The third-order valence-electron chi connectivity index (χ3n) is 3.78. The molecule has 0 radical (unpaired) electrons. The number of fused-ring (bicyclic) bond motifs is 1. The molecule has 0 fully saturated rings. The van der Waals surface area contributed by atoms with Crippen molar-refractivity contribution in [1.29, 1.82) is 0 Å².